The summed E-state index contributed by atoms with van der Waals surface area (Å²) >= 11 is 3.35. The largest absolute Gasteiger partial charge is 0.465 e. The minimum absolute atomic E-state index is 0.309. The highest BCUT2D eigenvalue weighted by atomic mass is 79.9. The molecule has 1 aliphatic heterocycles. The van der Waals surface area contributed by atoms with Crippen LogP contribution in [0.3, 0.4) is 0 Å². The van der Waals surface area contributed by atoms with Gasteiger partial charge < -0.3 is 4.74 Å². The van der Waals surface area contributed by atoms with Crippen molar-refractivity contribution in [2.75, 3.05) is 7.11 Å². The van der Waals surface area contributed by atoms with Gasteiger partial charge in [0, 0.05) is 5.56 Å². The molecule has 0 spiro atoms. The molecule has 0 saturated heterocycles. The fourth-order valence-electron chi connectivity index (χ4n) is 1.41. The van der Waals surface area contributed by atoms with Gasteiger partial charge in [0.2, 0.25) is 0 Å². The Morgan fingerprint density at radius 2 is 2.36 bits per heavy atom. The average Bonchev–Trinajstić information content (AvgIpc) is 2.59. The number of esters is 1. The van der Waals surface area contributed by atoms with Crippen LogP contribution in [0.2, 0.25) is 0 Å². The van der Waals surface area contributed by atoms with E-state index >= 15 is 0 Å². The number of hydrogen-bond acceptors (Lipinski definition) is 3. The Morgan fingerprint density at radius 1 is 1.57 bits per heavy atom. The summed E-state index contributed by atoms with van der Waals surface area (Å²) in [5, 5.41) is 0. The third-order valence-electron chi connectivity index (χ3n) is 2.14. The minimum Gasteiger partial charge on any atom is -0.465 e. The van der Waals surface area contributed by atoms with Crippen LogP contribution in [-0.2, 0) is 11.3 Å². The third kappa shape index (κ3) is 1.46. The van der Waals surface area contributed by atoms with Crippen molar-refractivity contribution in [3.63, 3.8) is 0 Å². The fraction of sp³-hybridized carbons (Fsp3) is 0.200. The second-order valence-electron chi connectivity index (χ2n) is 2.97. The zero-order valence-corrected chi connectivity index (χ0v) is 9.17. The summed E-state index contributed by atoms with van der Waals surface area (Å²) in [7, 11) is 1.38. The highest BCUT2D eigenvalue weighted by molar-refractivity contribution is 9.18. The number of halogens is 1. The summed E-state index contributed by atoms with van der Waals surface area (Å²) in [5.41, 5.74) is 2.68. The summed E-state index contributed by atoms with van der Waals surface area (Å²) in [6.45, 7) is 0.626. The second-order valence-corrected chi connectivity index (χ2v) is 3.72. The lowest BCUT2D eigenvalue weighted by Gasteiger charge is -2.02. The molecule has 1 aliphatic rings. The Hall–Kier alpha value is -1.16. The molecule has 0 saturated carbocycles. The van der Waals surface area contributed by atoms with Crippen LogP contribution >= 0.6 is 15.9 Å². The molecule has 0 fully saturated rings. The van der Waals surface area contributed by atoms with Crippen LogP contribution in [0.5, 0.6) is 0 Å². The van der Waals surface area contributed by atoms with E-state index in [0.29, 0.717) is 12.1 Å². The summed E-state index contributed by atoms with van der Waals surface area (Å²) < 4.78 is 5.49. The Balaban J connectivity index is 2.40. The van der Waals surface area contributed by atoms with Crippen LogP contribution in [0.1, 0.15) is 21.5 Å². The number of ether oxygens (including phenoxy) is 1. The maximum Gasteiger partial charge on any atom is 0.337 e. The van der Waals surface area contributed by atoms with E-state index in [1.54, 1.807) is 6.07 Å². The second kappa shape index (κ2) is 3.53. The first-order valence-corrected chi connectivity index (χ1v) is 4.93. The predicted octanol–water partition coefficient (Wildman–Crippen LogP) is 2.13. The SMILES string of the molecule is COC(=O)c1ccc2c(c1)CN=C2Br. The Kier molecular flexibility index (Phi) is 2.37. The van der Waals surface area contributed by atoms with E-state index in [2.05, 4.69) is 25.7 Å². The lowest BCUT2D eigenvalue weighted by molar-refractivity contribution is 0.0600. The van der Waals surface area contributed by atoms with Gasteiger partial charge in [0.1, 0.15) is 4.62 Å². The van der Waals surface area contributed by atoms with E-state index in [1.807, 2.05) is 12.1 Å². The van der Waals surface area contributed by atoms with Crippen molar-refractivity contribution in [3.05, 3.63) is 34.9 Å². The van der Waals surface area contributed by atoms with Crippen molar-refractivity contribution in [2.24, 2.45) is 4.99 Å². The maximum absolute atomic E-state index is 11.2. The molecule has 0 atom stereocenters. The number of benzene rings is 1. The molecule has 0 unspecified atom stereocenters. The number of fused-ring (bicyclic) bond motifs is 1. The zero-order valence-electron chi connectivity index (χ0n) is 7.58. The normalized spacial score (nSPS) is 13.4. The van der Waals surface area contributed by atoms with Crippen LogP contribution in [-0.4, -0.2) is 17.7 Å². The molecule has 0 radical (unpaired) electrons. The number of hydrogen-bond donors (Lipinski definition) is 0. The topological polar surface area (TPSA) is 38.7 Å². The predicted molar refractivity (Wildman–Crippen MR) is 56.9 cm³/mol. The van der Waals surface area contributed by atoms with Crippen molar-refractivity contribution in [1.29, 1.82) is 0 Å². The molecule has 1 aromatic carbocycles. The summed E-state index contributed by atoms with van der Waals surface area (Å²) in [4.78, 5) is 15.4. The van der Waals surface area contributed by atoms with Crippen LogP contribution in [0, 0.1) is 0 Å². The minimum atomic E-state index is -0.309. The molecule has 0 aliphatic carbocycles. The third-order valence-corrected chi connectivity index (χ3v) is 2.81. The lowest BCUT2D eigenvalue weighted by Crippen LogP contribution is -2.02. The molecule has 72 valence electrons. The number of rotatable bonds is 1. The average molecular weight is 254 g/mol. The molecule has 0 N–H and O–H groups in total. The summed E-state index contributed by atoms with van der Waals surface area (Å²) in [6.07, 6.45) is 0. The number of nitrogens with zero attached hydrogens (tertiary/aromatic N) is 1. The van der Waals surface area contributed by atoms with Gasteiger partial charge in [-0.2, -0.15) is 0 Å². The number of methoxy groups -OCH3 is 1. The lowest BCUT2D eigenvalue weighted by atomic mass is 10.1. The van der Waals surface area contributed by atoms with E-state index in [9.17, 15) is 4.79 Å². The van der Waals surface area contributed by atoms with Gasteiger partial charge in [-0.3, -0.25) is 4.99 Å². The molecule has 0 bridgehead atoms. The Bertz CT molecular complexity index is 426. The van der Waals surface area contributed by atoms with E-state index < -0.39 is 0 Å². The van der Waals surface area contributed by atoms with Crippen molar-refractivity contribution < 1.29 is 9.53 Å². The summed E-state index contributed by atoms with van der Waals surface area (Å²) in [6, 6.07) is 5.44. The van der Waals surface area contributed by atoms with Gasteiger partial charge in [-0.1, -0.05) is 6.07 Å². The van der Waals surface area contributed by atoms with Crippen molar-refractivity contribution in [3.8, 4) is 0 Å². The Morgan fingerprint density at radius 3 is 3.07 bits per heavy atom. The van der Waals surface area contributed by atoms with Crippen molar-refractivity contribution >= 4 is 26.5 Å². The van der Waals surface area contributed by atoms with Crippen LogP contribution in [0.25, 0.3) is 0 Å². The molecule has 2 rings (SSSR count). The standard InChI is InChI=1S/C10H8BrNO2/c1-14-10(13)6-2-3-8-7(4-6)5-12-9(8)11/h2-4H,5H2,1H3. The number of carbonyl (C=O) groups is 1. The molecule has 3 nitrogen and oxygen atoms in total. The molecule has 0 amide bonds. The van der Waals surface area contributed by atoms with Gasteiger partial charge in [0.25, 0.3) is 0 Å². The van der Waals surface area contributed by atoms with Crippen molar-refractivity contribution in [2.45, 2.75) is 6.54 Å². The van der Waals surface area contributed by atoms with Crippen LogP contribution in [0.4, 0.5) is 0 Å². The maximum atomic E-state index is 11.2. The van der Waals surface area contributed by atoms with Gasteiger partial charge in [0.15, 0.2) is 0 Å². The van der Waals surface area contributed by atoms with E-state index in [1.165, 1.54) is 7.11 Å². The molecular formula is C10H8BrNO2. The van der Waals surface area contributed by atoms with E-state index in [-0.39, 0.29) is 5.97 Å². The van der Waals surface area contributed by atoms with Gasteiger partial charge in [-0.15, -0.1) is 0 Å². The Labute approximate surface area is 89.9 Å². The number of carbonyl (C=O) groups excluding carboxylic acids is 1. The first-order valence-electron chi connectivity index (χ1n) is 4.14. The van der Waals surface area contributed by atoms with E-state index in [0.717, 1.165) is 15.7 Å². The smallest absolute Gasteiger partial charge is 0.337 e. The molecule has 1 heterocycles. The van der Waals surface area contributed by atoms with E-state index in [4.69, 9.17) is 0 Å². The summed E-state index contributed by atoms with van der Waals surface area (Å²) in [5.74, 6) is -0.309. The highest BCUT2D eigenvalue weighted by Gasteiger charge is 2.15. The molecule has 4 heteroatoms. The molecular weight excluding hydrogens is 246 g/mol. The fourth-order valence-corrected chi connectivity index (χ4v) is 1.92. The zero-order chi connectivity index (χ0) is 10.1. The molecule has 14 heavy (non-hydrogen) atoms. The monoisotopic (exact) mass is 253 g/mol. The van der Waals surface area contributed by atoms with Crippen molar-refractivity contribution in [1.82, 2.24) is 0 Å². The van der Waals surface area contributed by atoms with Gasteiger partial charge in [0.05, 0.1) is 19.2 Å². The first-order chi connectivity index (χ1) is 6.72. The van der Waals surface area contributed by atoms with Crippen LogP contribution < -0.4 is 0 Å². The quantitative estimate of drug-likeness (QED) is 0.720. The highest BCUT2D eigenvalue weighted by Crippen LogP contribution is 2.23. The van der Waals surface area contributed by atoms with Gasteiger partial charge >= 0.3 is 5.97 Å². The first kappa shape index (κ1) is 9.40. The number of aliphatic imine (C=N–C) groups is 1. The molecule has 1 aromatic rings. The van der Waals surface area contributed by atoms with Gasteiger partial charge in [-0.25, -0.2) is 4.79 Å². The van der Waals surface area contributed by atoms with Crippen LogP contribution in [0.15, 0.2) is 23.2 Å². The van der Waals surface area contributed by atoms with Gasteiger partial charge in [-0.05, 0) is 33.6 Å². The molecule has 0 aromatic heterocycles.